The summed E-state index contributed by atoms with van der Waals surface area (Å²) in [5.74, 6) is -1.12. The van der Waals surface area contributed by atoms with Crippen LogP contribution >= 0.6 is 0 Å². The highest BCUT2D eigenvalue weighted by molar-refractivity contribution is 5.92. The molecule has 1 aliphatic rings. The number of hydrogen-bond acceptors (Lipinski definition) is 3. The van der Waals surface area contributed by atoms with Crippen molar-refractivity contribution < 1.29 is 13.6 Å². The number of benzene rings is 1. The third-order valence-electron chi connectivity index (χ3n) is 4.19. The van der Waals surface area contributed by atoms with Crippen LogP contribution in [0, 0.1) is 11.6 Å². The normalized spacial score (nSPS) is 13.6. The van der Waals surface area contributed by atoms with Crippen LogP contribution in [0.25, 0.3) is 11.4 Å². The molecule has 0 radical (unpaired) electrons. The maximum absolute atomic E-state index is 14.0. The number of H-pyrrole nitrogens is 1. The number of nitrogens with zero attached hydrogens (tertiary/aromatic N) is 3. The van der Waals surface area contributed by atoms with Crippen molar-refractivity contribution in [3.8, 4) is 11.4 Å². The van der Waals surface area contributed by atoms with Gasteiger partial charge in [0, 0.05) is 25.2 Å². The predicted molar refractivity (Wildman–Crippen MR) is 86.6 cm³/mol. The second-order valence-electron chi connectivity index (χ2n) is 5.83. The van der Waals surface area contributed by atoms with Crippen LogP contribution in [0.3, 0.4) is 0 Å². The second kappa shape index (κ2) is 6.08. The van der Waals surface area contributed by atoms with Crippen molar-refractivity contribution in [1.82, 2.24) is 19.9 Å². The van der Waals surface area contributed by atoms with Gasteiger partial charge in [0.15, 0.2) is 0 Å². The first-order chi connectivity index (χ1) is 12.1. The molecule has 126 valence electrons. The largest absolute Gasteiger partial charge is 0.340 e. The Labute approximate surface area is 142 Å². The average Bonchev–Trinajstić information content (AvgIpc) is 3.04. The Bertz CT molecular complexity index is 940. The number of aromatic amines is 1. The molecule has 0 aliphatic carbocycles. The summed E-state index contributed by atoms with van der Waals surface area (Å²) in [6.07, 6.45) is 2.14. The zero-order valence-electron chi connectivity index (χ0n) is 13.2. The standard InChI is InChI=1S/C18H14F2N4O/c19-11-4-5-12(13(20)9-11)17-22-14-6-8-24(10-16(14)23-17)18(25)15-3-1-2-7-21-15/h1-5,7,9H,6,8,10H2,(H,22,23). The molecule has 25 heavy (non-hydrogen) atoms. The number of hydrogen-bond donors (Lipinski definition) is 1. The highest BCUT2D eigenvalue weighted by Gasteiger charge is 2.25. The van der Waals surface area contributed by atoms with Crippen LogP contribution < -0.4 is 0 Å². The van der Waals surface area contributed by atoms with Crippen LogP contribution in [-0.2, 0) is 13.0 Å². The lowest BCUT2D eigenvalue weighted by Gasteiger charge is -2.25. The van der Waals surface area contributed by atoms with Gasteiger partial charge in [-0.3, -0.25) is 9.78 Å². The molecule has 0 atom stereocenters. The Hall–Kier alpha value is -3.09. The first kappa shape index (κ1) is 15.4. The van der Waals surface area contributed by atoms with Crippen LogP contribution in [-0.4, -0.2) is 32.3 Å². The molecule has 5 nitrogen and oxygen atoms in total. The van der Waals surface area contributed by atoms with Crippen LogP contribution in [0.2, 0.25) is 0 Å². The van der Waals surface area contributed by atoms with E-state index in [4.69, 9.17) is 0 Å². The lowest BCUT2D eigenvalue weighted by Crippen LogP contribution is -2.36. The summed E-state index contributed by atoms with van der Waals surface area (Å²) < 4.78 is 27.0. The maximum atomic E-state index is 14.0. The molecule has 1 aliphatic heterocycles. The molecule has 3 aromatic rings. The van der Waals surface area contributed by atoms with Gasteiger partial charge in [-0.1, -0.05) is 6.07 Å². The number of rotatable bonds is 2. The summed E-state index contributed by atoms with van der Waals surface area (Å²) in [5.41, 5.74) is 2.15. The topological polar surface area (TPSA) is 61.9 Å². The summed E-state index contributed by atoms with van der Waals surface area (Å²) in [4.78, 5) is 25.7. The molecule has 0 saturated heterocycles. The molecule has 2 aromatic heterocycles. The van der Waals surface area contributed by atoms with Gasteiger partial charge >= 0.3 is 0 Å². The number of aromatic nitrogens is 3. The zero-order valence-corrected chi connectivity index (χ0v) is 13.2. The van der Waals surface area contributed by atoms with E-state index in [1.54, 1.807) is 29.3 Å². The summed E-state index contributed by atoms with van der Waals surface area (Å²) in [5, 5.41) is 0. The molecule has 4 rings (SSSR count). The zero-order chi connectivity index (χ0) is 17.4. The Balaban J connectivity index is 1.60. The van der Waals surface area contributed by atoms with Crippen molar-refractivity contribution in [2.45, 2.75) is 13.0 Å². The van der Waals surface area contributed by atoms with Crippen LogP contribution in [0.15, 0.2) is 42.6 Å². The third kappa shape index (κ3) is 2.88. The van der Waals surface area contributed by atoms with E-state index in [9.17, 15) is 13.6 Å². The maximum Gasteiger partial charge on any atom is 0.272 e. The van der Waals surface area contributed by atoms with Gasteiger partial charge in [-0.15, -0.1) is 0 Å². The fourth-order valence-electron chi connectivity index (χ4n) is 2.93. The molecule has 3 heterocycles. The van der Waals surface area contributed by atoms with E-state index in [0.29, 0.717) is 31.0 Å². The van der Waals surface area contributed by atoms with Crippen molar-refractivity contribution in [3.63, 3.8) is 0 Å². The number of carbonyl (C=O) groups is 1. The Morgan fingerprint density at radius 3 is 2.84 bits per heavy atom. The molecular formula is C18H14F2N4O. The van der Waals surface area contributed by atoms with E-state index in [1.807, 2.05) is 0 Å². The SMILES string of the molecule is O=C(c1ccccn1)N1CCc2nc(-c3ccc(F)cc3F)[nH]c2C1. The quantitative estimate of drug-likeness (QED) is 0.780. The van der Waals surface area contributed by atoms with Gasteiger partial charge in [-0.25, -0.2) is 13.8 Å². The molecule has 0 saturated carbocycles. The molecule has 0 unspecified atom stereocenters. The highest BCUT2D eigenvalue weighted by Crippen LogP contribution is 2.25. The minimum atomic E-state index is -0.674. The molecule has 0 spiro atoms. The second-order valence-corrected chi connectivity index (χ2v) is 5.83. The molecule has 7 heteroatoms. The lowest BCUT2D eigenvalue weighted by molar-refractivity contribution is 0.0726. The van der Waals surface area contributed by atoms with Crippen LogP contribution in [0.1, 0.15) is 21.9 Å². The smallest absolute Gasteiger partial charge is 0.272 e. The minimum absolute atomic E-state index is 0.157. The molecular weight excluding hydrogens is 326 g/mol. The van der Waals surface area contributed by atoms with Gasteiger partial charge < -0.3 is 9.88 Å². The molecule has 0 bridgehead atoms. The molecule has 1 amide bonds. The number of pyridine rings is 1. The van der Waals surface area contributed by atoms with Gasteiger partial charge in [0.1, 0.15) is 23.2 Å². The van der Waals surface area contributed by atoms with E-state index >= 15 is 0 Å². The Morgan fingerprint density at radius 2 is 2.08 bits per heavy atom. The van der Waals surface area contributed by atoms with Crippen LogP contribution in [0.4, 0.5) is 8.78 Å². The van der Waals surface area contributed by atoms with Crippen molar-refractivity contribution >= 4 is 5.91 Å². The first-order valence-electron chi connectivity index (χ1n) is 7.85. The van der Waals surface area contributed by atoms with Crippen LogP contribution in [0.5, 0.6) is 0 Å². The van der Waals surface area contributed by atoms with Gasteiger partial charge in [0.05, 0.1) is 23.5 Å². The third-order valence-corrected chi connectivity index (χ3v) is 4.19. The number of amides is 1. The van der Waals surface area contributed by atoms with Crippen molar-refractivity contribution in [2.75, 3.05) is 6.54 Å². The van der Waals surface area contributed by atoms with E-state index in [2.05, 4.69) is 15.0 Å². The minimum Gasteiger partial charge on any atom is -0.340 e. The molecule has 1 aromatic carbocycles. The predicted octanol–water partition coefficient (Wildman–Crippen LogP) is 2.95. The van der Waals surface area contributed by atoms with E-state index in [0.717, 1.165) is 17.5 Å². The lowest BCUT2D eigenvalue weighted by atomic mass is 10.1. The average molecular weight is 340 g/mol. The Morgan fingerprint density at radius 1 is 1.20 bits per heavy atom. The fraction of sp³-hybridized carbons (Fsp3) is 0.167. The first-order valence-corrected chi connectivity index (χ1v) is 7.85. The fourth-order valence-corrected chi connectivity index (χ4v) is 2.93. The Kier molecular flexibility index (Phi) is 3.76. The molecule has 0 fully saturated rings. The van der Waals surface area contributed by atoms with Crippen molar-refractivity contribution in [2.24, 2.45) is 0 Å². The number of carbonyl (C=O) groups excluding carboxylic acids is 1. The van der Waals surface area contributed by atoms with E-state index in [-0.39, 0.29) is 11.5 Å². The number of halogens is 2. The van der Waals surface area contributed by atoms with E-state index < -0.39 is 11.6 Å². The van der Waals surface area contributed by atoms with Gasteiger partial charge in [0.25, 0.3) is 5.91 Å². The van der Waals surface area contributed by atoms with E-state index in [1.165, 1.54) is 12.1 Å². The summed E-state index contributed by atoms with van der Waals surface area (Å²) >= 11 is 0. The van der Waals surface area contributed by atoms with Gasteiger partial charge in [0.2, 0.25) is 0 Å². The summed E-state index contributed by atoms with van der Waals surface area (Å²) in [6.45, 7) is 0.860. The number of fused-ring (bicyclic) bond motifs is 1. The highest BCUT2D eigenvalue weighted by atomic mass is 19.1. The van der Waals surface area contributed by atoms with Crippen molar-refractivity contribution in [1.29, 1.82) is 0 Å². The van der Waals surface area contributed by atoms with Gasteiger partial charge in [-0.2, -0.15) is 0 Å². The van der Waals surface area contributed by atoms with Gasteiger partial charge in [-0.05, 0) is 24.3 Å². The number of imidazole rings is 1. The molecule has 1 N–H and O–H groups in total. The summed E-state index contributed by atoms with van der Waals surface area (Å²) in [6, 6.07) is 8.56. The summed E-state index contributed by atoms with van der Waals surface area (Å²) in [7, 11) is 0. The monoisotopic (exact) mass is 340 g/mol. The number of nitrogens with one attached hydrogen (secondary N) is 1. The van der Waals surface area contributed by atoms with Crippen molar-refractivity contribution in [3.05, 3.63) is 71.3 Å².